The number of hydrogen-bond acceptors (Lipinski definition) is 3. The van der Waals surface area contributed by atoms with E-state index in [1.54, 1.807) is 0 Å². The predicted octanol–water partition coefficient (Wildman–Crippen LogP) is 1.10. The molecule has 0 aromatic rings. The summed E-state index contributed by atoms with van der Waals surface area (Å²) in [6, 6.07) is 0. The first kappa shape index (κ1) is 10.7. The van der Waals surface area contributed by atoms with E-state index < -0.39 is 10.8 Å². The molecule has 76 valence electrons. The fourth-order valence-corrected chi connectivity index (χ4v) is 3.03. The molecule has 1 rings (SSSR count). The van der Waals surface area contributed by atoms with Gasteiger partial charge >= 0.3 is 5.97 Å². The fraction of sp³-hybridized carbons (Fsp3) is 0.889. The van der Waals surface area contributed by atoms with E-state index in [0.717, 1.165) is 19.3 Å². The van der Waals surface area contributed by atoms with Gasteiger partial charge in [0.15, 0.2) is 0 Å². The highest BCUT2D eigenvalue weighted by Gasteiger charge is 2.40. The highest BCUT2D eigenvalue weighted by atomic mass is 32.2. The minimum atomic E-state index is -1.03. The molecule has 0 radical (unpaired) electrons. The zero-order valence-electron chi connectivity index (χ0n) is 8.12. The van der Waals surface area contributed by atoms with Crippen LogP contribution in [0.2, 0.25) is 0 Å². The number of methoxy groups -OCH3 is 1. The molecule has 1 aliphatic carbocycles. The van der Waals surface area contributed by atoms with Crippen LogP contribution in [0.1, 0.15) is 26.2 Å². The summed E-state index contributed by atoms with van der Waals surface area (Å²) in [6.45, 7) is 1.97. The Morgan fingerprint density at radius 2 is 2.23 bits per heavy atom. The van der Waals surface area contributed by atoms with Gasteiger partial charge in [0.1, 0.15) is 5.25 Å². The molecule has 4 heteroatoms. The first-order chi connectivity index (χ1) is 6.20. The van der Waals surface area contributed by atoms with Gasteiger partial charge in [-0.2, -0.15) is 0 Å². The van der Waals surface area contributed by atoms with Crippen LogP contribution in [0.4, 0.5) is 0 Å². The maximum absolute atomic E-state index is 11.6. The molecule has 0 bridgehead atoms. The van der Waals surface area contributed by atoms with Crippen LogP contribution in [-0.4, -0.2) is 28.3 Å². The molecular weight excluding hydrogens is 188 g/mol. The Labute approximate surface area is 81.3 Å². The van der Waals surface area contributed by atoms with Crippen LogP contribution >= 0.6 is 0 Å². The lowest BCUT2D eigenvalue weighted by Crippen LogP contribution is -2.30. The van der Waals surface area contributed by atoms with Gasteiger partial charge in [-0.05, 0) is 25.2 Å². The molecule has 1 fully saturated rings. The Kier molecular flexibility index (Phi) is 3.90. The summed E-state index contributed by atoms with van der Waals surface area (Å²) in [6.07, 6.45) is 2.90. The average molecular weight is 204 g/mol. The molecule has 3 nitrogen and oxygen atoms in total. The summed E-state index contributed by atoms with van der Waals surface area (Å²) in [7, 11) is 0.332. The third kappa shape index (κ3) is 2.79. The third-order valence-corrected chi connectivity index (χ3v) is 4.13. The summed E-state index contributed by atoms with van der Waals surface area (Å²) >= 11 is 0. The summed E-state index contributed by atoms with van der Waals surface area (Å²) in [4.78, 5) is 11.3. The second-order valence-corrected chi connectivity index (χ2v) is 5.04. The maximum Gasteiger partial charge on any atom is 0.321 e. The Bertz CT molecular complexity index is 211. The minimum Gasteiger partial charge on any atom is -0.468 e. The molecule has 0 heterocycles. The molecule has 2 atom stereocenters. The van der Waals surface area contributed by atoms with Gasteiger partial charge in [-0.3, -0.25) is 9.00 Å². The molecule has 0 aliphatic heterocycles. The Morgan fingerprint density at radius 3 is 2.62 bits per heavy atom. The van der Waals surface area contributed by atoms with Crippen LogP contribution in [0.5, 0.6) is 0 Å². The molecule has 2 unspecified atom stereocenters. The lowest BCUT2D eigenvalue weighted by atomic mass is 10.3. The van der Waals surface area contributed by atoms with E-state index in [2.05, 4.69) is 4.74 Å². The van der Waals surface area contributed by atoms with Crippen LogP contribution in [-0.2, 0) is 20.3 Å². The van der Waals surface area contributed by atoms with Gasteiger partial charge in [0, 0.05) is 16.6 Å². The molecule has 0 aromatic heterocycles. The smallest absolute Gasteiger partial charge is 0.321 e. The third-order valence-electron chi connectivity index (χ3n) is 2.17. The minimum absolute atomic E-state index is 0.297. The van der Waals surface area contributed by atoms with E-state index in [4.69, 9.17) is 0 Å². The highest BCUT2D eigenvalue weighted by Crippen LogP contribution is 2.36. The zero-order chi connectivity index (χ0) is 9.84. The number of carbonyl (C=O) groups is 1. The van der Waals surface area contributed by atoms with Gasteiger partial charge in [0.25, 0.3) is 0 Å². The first-order valence-corrected chi connectivity index (χ1v) is 6.04. The lowest BCUT2D eigenvalue weighted by molar-refractivity contribution is -0.140. The monoisotopic (exact) mass is 204 g/mol. The second-order valence-electron chi connectivity index (χ2n) is 3.37. The molecule has 0 aromatic carbocycles. The standard InChI is InChI=1S/C9H16O3S/c1-3-6-13(11)8(7-4-5-7)9(10)12-2/h7-8H,3-6H2,1-2H3. The highest BCUT2D eigenvalue weighted by molar-refractivity contribution is 7.86. The van der Waals surface area contributed by atoms with E-state index in [0.29, 0.717) is 11.7 Å². The quantitative estimate of drug-likeness (QED) is 0.630. The molecular formula is C9H16O3S. The van der Waals surface area contributed by atoms with Crippen molar-refractivity contribution >= 4 is 16.8 Å². The van der Waals surface area contributed by atoms with Crippen LogP contribution in [0, 0.1) is 5.92 Å². The van der Waals surface area contributed by atoms with Gasteiger partial charge in [0.05, 0.1) is 7.11 Å². The summed E-state index contributed by atoms with van der Waals surface area (Å²) in [5.74, 6) is 0.630. The second kappa shape index (κ2) is 4.74. The van der Waals surface area contributed by atoms with Crippen molar-refractivity contribution in [3.8, 4) is 0 Å². The Balaban J connectivity index is 2.55. The molecule has 0 spiro atoms. The van der Waals surface area contributed by atoms with E-state index in [-0.39, 0.29) is 11.2 Å². The van der Waals surface area contributed by atoms with Crippen molar-refractivity contribution in [1.29, 1.82) is 0 Å². The van der Waals surface area contributed by atoms with E-state index in [9.17, 15) is 9.00 Å². The van der Waals surface area contributed by atoms with Crippen molar-refractivity contribution in [2.24, 2.45) is 5.92 Å². The fourth-order valence-electron chi connectivity index (χ4n) is 1.36. The van der Waals surface area contributed by atoms with Crippen molar-refractivity contribution in [2.45, 2.75) is 31.4 Å². The van der Waals surface area contributed by atoms with Crippen molar-refractivity contribution in [2.75, 3.05) is 12.9 Å². The molecule has 1 aliphatic rings. The van der Waals surface area contributed by atoms with Crippen molar-refractivity contribution < 1.29 is 13.7 Å². The summed E-state index contributed by atoms with van der Waals surface area (Å²) in [5.41, 5.74) is 0. The van der Waals surface area contributed by atoms with Crippen molar-refractivity contribution in [1.82, 2.24) is 0 Å². The zero-order valence-corrected chi connectivity index (χ0v) is 8.93. The number of ether oxygens (including phenoxy) is 1. The van der Waals surface area contributed by atoms with Gasteiger partial charge in [0.2, 0.25) is 0 Å². The molecule has 1 saturated carbocycles. The number of esters is 1. The Morgan fingerprint density at radius 1 is 1.62 bits per heavy atom. The van der Waals surface area contributed by atoms with Crippen molar-refractivity contribution in [3.63, 3.8) is 0 Å². The van der Waals surface area contributed by atoms with Crippen LogP contribution in [0.15, 0.2) is 0 Å². The maximum atomic E-state index is 11.6. The largest absolute Gasteiger partial charge is 0.468 e. The lowest BCUT2D eigenvalue weighted by Gasteiger charge is -2.12. The van der Waals surface area contributed by atoms with E-state index >= 15 is 0 Å². The summed E-state index contributed by atoms with van der Waals surface area (Å²) in [5, 5.41) is -0.357. The number of rotatable bonds is 5. The van der Waals surface area contributed by atoms with Gasteiger partial charge in [-0.15, -0.1) is 0 Å². The molecule has 0 N–H and O–H groups in total. The average Bonchev–Trinajstić information content (AvgIpc) is 2.89. The molecule has 0 saturated heterocycles. The van der Waals surface area contributed by atoms with Crippen LogP contribution < -0.4 is 0 Å². The van der Waals surface area contributed by atoms with E-state index in [1.165, 1.54) is 7.11 Å². The number of hydrogen-bond donors (Lipinski definition) is 0. The molecule has 0 amide bonds. The van der Waals surface area contributed by atoms with Crippen LogP contribution in [0.25, 0.3) is 0 Å². The SMILES string of the molecule is CCCS(=O)C(C(=O)OC)C1CC1. The topological polar surface area (TPSA) is 43.4 Å². The number of carbonyl (C=O) groups excluding carboxylic acids is 1. The Hall–Kier alpha value is -0.380. The predicted molar refractivity (Wildman–Crippen MR) is 51.8 cm³/mol. The van der Waals surface area contributed by atoms with Crippen LogP contribution in [0.3, 0.4) is 0 Å². The first-order valence-electron chi connectivity index (χ1n) is 4.65. The summed E-state index contributed by atoms with van der Waals surface area (Å²) < 4.78 is 16.3. The van der Waals surface area contributed by atoms with Gasteiger partial charge < -0.3 is 4.74 Å². The van der Waals surface area contributed by atoms with Gasteiger partial charge in [-0.1, -0.05) is 6.92 Å². The van der Waals surface area contributed by atoms with E-state index in [1.807, 2.05) is 6.92 Å². The van der Waals surface area contributed by atoms with Gasteiger partial charge in [-0.25, -0.2) is 0 Å². The normalized spacial score (nSPS) is 20.8. The molecule has 13 heavy (non-hydrogen) atoms. The van der Waals surface area contributed by atoms with Crippen molar-refractivity contribution in [3.05, 3.63) is 0 Å².